The molecule has 1 atom stereocenters. The van der Waals surface area contributed by atoms with Gasteiger partial charge in [-0.15, -0.1) is 0 Å². The number of hydrogen-bond donors (Lipinski definition) is 3. The number of aliphatic hydroxyl groups excluding tert-OH is 1. The number of benzene rings is 1. The molecule has 0 saturated carbocycles. The molecule has 3 rings (SSSR count). The lowest BCUT2D eigenvalue weighted by atomic mass is 10.1. The zero-order valence-electron chi connectivity index (χ0n) is 12.2. The molecule has 114 valence electrons. The van der Waals surface area contributed by atoms with Gasteiger partial charge in [-0.3, -0.25) is 0 Å². The van der Waals surface area contributed by atoms with E-state index in [2.05, 4.69) is 9.97 Å². The highest BCUT2D eigenvalue weighted by molar-refractivity contribution is 5.83. The number of nitrogens with zero attached hydrogens (tertiary/aromatic N) is 1. The minimum absolute atomic E-state index is 0.0326. The molecule has 0 aliphatic carbocycles. The molecular weight excluding hydrogens is 278 g/mol. The molecule has 0 radical (unpaired) electrons. The highest BCUT2D eigenvalue weighted by Gasteiger charge is 2.10. The van der Waals surface area contributed by atoms with E-state index < -0.39 is 0 Å². The molecule has 0 fully saturated rings. The number of rotatable bonds is 6. The summed E-state index contributed by atoms with van der Waals surface area (Å²) in [6.07, 6.45) is 4.27. The first-order valence-corrected chi connectivity index (χ1v) is 7.25. The summed E-state index contributed by atoms with van der Waals surface area (Å²) >= 11 is 0. The average Bonchev–Trinajstić information content (AvgIpc) is 2.96. The molecule has 5 heteroatoms. The topological polar surface area (TPSA) is 84.2 Å². The lowest BCUT2D eigenvalue weighted by Gasteiger charge is -2.08. The van der Waals surface area contributed by atoms with E-state index in [1.807, 2.05) is 42.6 Å². The molecular formula is C17H19N3O2. The maximum Gasteiger partial charge on any atom is 0.214 e. The van der Waals surface area contributed by atoms with Crippen LogP contribution in [0.3, 0.4) is 0 Å². The quantitative estimate of drug-likeness (QED) is 0.650. The van der Waals surface area contributed by atoms with E-state index in [0.29, 0.717) is 18.9 Å². The number of nitrogens with one attached hydrogen (secondary N) is 1. The third-order valence-electron chi connectivity index (χ3n) is 3.57. The number of H-pyrrole nitrogens is 1. The van der Waals surface area contributed by atoms with Crippen molar-refractivity contribution in [1.82, 2.24) is 9.97 Å². The number of nitrogens with two attached hydrogens (primary N) is 1. The number of ether oxygens (including phenoxy) is 1. The Morgan fingerprint density at radius 1 is 1.27 bits per heavy atom. The number of aromatic nitrogens is 2. The fourth-order valence-corrected chi connectivity index (χ4v) is 2.39. The summed E-state index contributed by atoms with van der Waals surface area (Å²) in [4.78, 5) is 7.46. The van der Waals surface area contributed by atoms with Crippen molar-refractivity contribution in [2.24, 2.45) is 5.73 Å². The molecule has 2 heterocycles. The summed E-state index contributed by atoms with van der Waals surface area (Å²) in [5, 5.41) is 10.1. The van der Waals surface area contributed by atoms with Crippen molar-refractivity contribution in [3.63, 3.8) is 0 Å². The Morgan fingerprint density at radius 2 is 2.09 bits per heavy atom. The number of aliphatic hydroxyl groups is 1. The molecule has 1 aromatic carbocycles. The molecule has 0 aliphatic heterocycles. The summed E-state index contributed by atoms with van der Waals surface area (Å²) in [7, 11) is 0. The van der Waals surface area contributed by atoms with Crippen molar-refractivity contribution >= 4 is 10.9 Å². The predicted octanol–water partition coefficient (Wildman–Crippen LogP) is 2.00. The number of fused-ring (bicyclic) bond motifs is 1. The van der Waals surface area contributed by atoms with Gasteiger partial charge in [-0.1, -0.05) is 30.3 Å². The summed E-state index contributed by atoms with van der Waals surface area (Å²) in [6, 6.07) is 11.6. The predicted molar refractivity (Wildman–Crippen MR) is 85.6 cm³/mol. The van der Waals surface area contributed by atoms with Gasteiger partial charge in [-0.2, -0.15) is 0 Å². The second-order valence-corrected chi connectivity index (χ2v) is 5.30. The van der Waals surface area contributed by atoms with E-state index in [4.69, 9.17) is 15.6 Å². The van der Waals surface area contributed by atoms with Crippen LogP contribution >= 0.6 is 0 Å². The van der Waals surface area contributed by atoms with Gasteiger partial charge in [-0.25, -0.2) is 4.98 Å². The highest BCUT2D eigenvalue weighted by atomic mass is 16.5. The van der Waals surface area contributed by atoms with Crippen LogP contribution in [0.1, 0.15) is 11.1 Å². The van der Waals surface area contributed by atoms with Gasteiger partial charge in [0.05, 0.1) is 18.3 Å². The largest absolute Gasteiger partial charge is 0.473 e. The summed E-state index contributed by atoms with van der Waals surface area (Å²) < 4.78 is 5.75. The Labute approximate surface area is 128 Å². The first-order valence-electron chi connectivity index (χ1n) is 7.25. The van der Waals surface area contributed by atoms with Gasteiger partial charge in [0.25, 0.3) is 0 Å². The van der Waals surface area contributed by atoms with E-state index in [9.17, 15) is 0 Å². The number of pyridine rings is 1. The van der Waals surface area contributed by atoms with E-state index in [1.165, 1.54) is 0 Å². The van der Waals surface area contributed by atoms with E-state index in [1.54, 1.807) is 6.20 Å². The molecule has 3 aromatic rings. The molecule has 0 aliphatic rings. The molecule has 5 nitrogen and oxygen atoms in total. The molecule has 0 spiro atoms. The van der Waals surface area contributed by atoms with Gasteiger partial charge in [0.15, 0.2) is 0 Å². The Balaban J connectivity index is 1.78. The zero-order valence-corrected chi connectivity index (χ0v) is 12.2. The van der Waals surface area contributed by atoms with Gasteiger partial charge >= 0.3 is 0 Å². The van der Waals surface area contributed by atoms with Crippen molar-refractivity contribution in [2.75, 3.05) is 6.61 Å². The third kappa shape index (κ3) is 3.27. The van der Waals surface area contributed by atoms with Gasteiger partial charge in [0.1, 0.15) is 6.61 Å². The Hall–Kier alpha value is -2.37. The van der Waals surface area contributed by atoms with Crippen LogP contribution in [0.4, 0.5) is 0 Å². The molecule has 2 aromatic heterocycles. The van der Waals surface area contributed by atoms with Crippen LogP contribution in [0.25, 0.3) is 10.9 Å². The van der Waals surface area contributed by atoms with Crippen molar-refractivity contribution < 1.29 is 9.84 Å². The van der Waals surface area contributed by atoms with Crippen LogP contribution < -0.4 is 10.5 Å². The van der Waals surface area contributed by atoms with Crippen molar-refractivity contribution in [3.05, 3.63) is 59.9 Å². The fraction of sp³-hybridized carbons (Fsp3) is 0.235. The maximum absolute atomic E-state index is 9.10. The van der Waals surface area contributed by atoms with E-state index in [-0.39, 0.29) is 12.6 Å². The van der Waals surface area contributed by atoms with Crippen LogP contribution in [-0.4, -0.2) is 27.7 Å². The lowest BCUT2D eigenvalue weighted by molar-refractivity contribution is 0.265. The summed E-state index contributed by atoms with van der Waals surface area (Å²) in [5.74, 6) is 0.578. The third-order valence-corrected chi connectivity index (χ3v) is 3.57. The monoisotopic (exact) mass is 297 g/mol. The first kappa shape index (κ1) is 14.6. The molecule has 0 bridgehead atoms. The van der Waals surface area contributed by atoms with Gasteiger partial charge < -0.3 is 20.6 Å². The minimum atomic E-state index is -0.263. The number of aromatic amines is 1. The van der Waals surface area contributed by atoms with Gasteiger partial charge in [0, 0.05) is 23.7 Å². The Bertz CT molecular complexity index is 740. The highest BCUT2D eigenvalue weighted by Crippen LogP contribution is 2.23. The molecule has 4 N–H and O–H groups in total. The van der Waals surface area contributed by atoms with Crippen LogP contribution in [0, 0.1) is 0 Å². The lowest BCUT2D eigenvalue weighted by Crippen LogP contribution is -2.26. The fourth-order valence-electron chi connectivity index (χ4n) is 2.39. The van der Waals surface area contributed by atoms with Gasteiger partial charge in [0.2, 0.25) is 5.88 Å². The van der Waals surface area contributed by atoms with Crippen LogP contribution in [0.15, 0.2) is 48.8 Å². The maximum atomic E-state index is 9.10. The Kier molecular flexibility index (Phi) is 4.37. The number of hydrogen-bond acceptors (Lipinski definition) is 4. The summed E-state index contributed by atoms with van der Waals surface area (Å²) in [5.41, 5.74) is 8.91. The van der Waals surface area contributed by atoms with Gasteiger partial charge in [-0.05, 0) is 17.5 Å². The second-order valence-electron chi connectivity index (χ2n) is 5.30. The molecule has 0 saturated heterocycles. The van der Waals surface area contributed by atoms with E-state index in [0.717, 1.165) is 22.0 Å². The second kappa shape index (κ2) is 6.60. The normalized spacial score (nSPS) is 12.5. The molecule has 1 unspecified atom stereocenters. The minimum Gasteiger partial charge on any atom is -0.473 e. The average molecular weight is 297 g/mol. The van der Waals surface area contributed by atoms with Crippen LogP contribution in [-0.2, 0) is 13.0 Å². The zero-order chi connectivity index (χ0) is 15.4. The van der Waals surface area contributed by atoms with Crippen molar-refractivity contribution in [3.8, 4) is 5.88 Å². The molecule has 0 amide bonds. The SMILES string of the molecule is NC(CO)Cc1c[nH]c2cnc(OCc3ccccc3)cc12. The summed E-state index contributed by atoms with van der Waals surface area (Å²) in [6.45, 7) is 0.449. The molecule has 22 heavy (non-hydrogen) atoms. The Morgan fingerprint density at radius 3 is 2.86 bits per heavy atom. The van der Waals surface area contributed by atoms with Crippen LogP contribution in [0.5, 0.6) is 5.88 Å². The van der Waals surface area contributed by atoms with Crippen LogP contribution in [0.2, 0.25) is 0 Å². The van der Waals surface area contributed by atoms with E-state index >= 15 is 0 Å². The first-order chi connectivity index (χ1) is 10.8. The van der Waals surface area contributed by atoms with Crippen molar-refractivity contribution in [2.45, 2.75) is 19.1 Å². The standard InChI is InChI=1S/C17H19N3O2/c18-14(10-21)6-13-8-19-16-9-20-17(7-15(13)16)22-11-12-4-2-1-3-5-12/h1-5,7-9,14,19,21H,6,10-11,18H2. The smallest absolute Gasteiger partial charge is 0.214 e. The van der Waals surface area contributed by atoms with Crippen molar-refractivity contribution in [1.29, 1.82) is 0 Å².